The molecule has 124 valence electrons. The van der Waals surface area contributed by atoms with Gasteiger partial charge in [-0.05, 0) is 24.1 Å². The van der Waals surface area contributed by atoms with Crippen molar-refractivity contribution in [3.63, 3.8) is 0 Å². The van der Waals surface area contributed by atoms with Crippen molar-refractivity contribution in [2.24, 2.45) is 4.99 Å². The average Bonchev–Trinajstić information content (AvgIpc) is 3.07. The summed E-state index contributed by atoms with van der Waals surface area (Å²) < 4.78 is 0. The summed E-state index contributed by atoms with van der Waals surface area (Å²) >= 11 is 0. The molecule has 1 aliphatic rings. The van der Waals surface area contributed by atoms with E-state index in [0.717, 1.165) is 18.5 Å². The standard InChI is InChI=1S/C13H13N3.C4H4O4/c1-2-4-13-12(3-1)10(5-6-15-13)7-11-8-14-9-16-11;5-3(6)1-2-4(7)8/h1-6,9,11H,7-8H2,(H,14,16);1-2H,(H,5,6)(H,7,8)/b;2-1+. The van der Waals surface area contributed by atoms with Gasteiger partial charge in [-0.3, -0.25) is 9.98 Å². The first kappa shape index (κ1) is 17.1. The fourth-order valence-corrected chi connectivity index (χ4v) is 2.26. The molecule has 7 heteroatoms. The molecule has 3 rings (SSSR count). The Balaban J connectivity index is 0.000000224. The topological polar surface area (TPSA) is 112 Å². The zero-order valence-corrected chi connectivity index (χ0v) is 12.8. The number of nitrogens with one attached hydrogen (secondary N) is 1. The molecule has 3 N–H and O–H groups in total. The van der Waals surface area contributed by atoms with Crippen molar-refractivity contribution in [2.75, 3.05) is 6.54 Å². The fourth-order valence-electron chi connectivity index (χ4n) is 2.26. The molecule has 7 nitrogen and oxygen atoms in total. The second-order valence-corrected chi connectivity index (χ2v) is 5.06. The van der Waals surface area contributed by atoms with Crippen LogP contribution in [0.5, 0.6) is 0 Å². The highest BCUT2D eigenvalue weighted by molar-refractivity contribution is 5.89. The maximum Gasteiger partial charge on any atom is 0.328 e. The maximum atomic E-state index is 9.55. The number of carboxylic acids is 2. The number of aromatic nitrogens is 1. The van der Waals surface area contributed by atoms with Crippen molar-refractivity contribution >= 4 is 29.2 Å². The zero-order chi connectivity index (χ0) is 17.4. The lowest BCUT2D eigenvalue weighted by Crippen LogP contribution is -2.27. The van der Waals surface area contributed by atoms with Crippen LogP contribution in [0, 0.1) is 0 Å². The van der Waals surface area contributed by atoms with Crippen molar-refractivity contribution in [1.29, 1.82) is 0 Å². The summed E-state index contributed by atoms with van der Waals surface area (Å²) in [6.45, 7) is 0.872. The second kappa shape index (κ2) is 8.42. The van der Waals surface area contributed by atoms with Gasteiger partial charge in [0.15, 0.2) is 0 Å². The van der Waals surface area contributed by atoms with E-state index in [9.17, 15) is 9.59 Å². The van der Waals surface area contributed by atoms with Crippen molar-refractivity contribution in [3.05, 3.63) is 54.2 Å². The molecule has 1 unspecified atom stereocenters. The number of aliphatic imine (C=N–C) groups is 1. The predicted octanol–water partition coefficient (Wildman–Crippen LogP) is 1.49. The molecule has 1 aromatic carbocycles. The molecule has 1 aromatic heterocycles. The minimum atomic E-state index is -1.26. The van der Waals surface area contributed by atoms with E-state index < -0.39 is 11.9 Å². The van der Waals surface area contributed by atoms with Gasteiger partial charge >= 0.3 is 11.9 Å². The van der Waals surface area contributed by atoms with E-state index in [-0.39, 0.29) is 0 Å². The highest BCUT2D eigenvalue weighted by atomic mass is 16.4. The molecule has 0 radical (unpaired) electrons. The first-order chi connectivity index (χ1) is 11.6. The molecular weight excluding hydrogens is 310 g/mol. The van der Waals surface area contributed by atoms with Gasteiger partial charge in [-0.25, -0.2) is 9.59 Å². The van der Waals surface area contributed by atoms with Crippen LogP contribution in [0.2, 0.25) is 0 Å². The Bertz CT molecular complexity index is 757. The minimum absolute atomic E-state index is 0.436. The fraction of sp³-hybridized carbons (Fsp3) is 0.176. The number of benzene rings is 1. The highest BCUT2D eigenvalue weighted by Gasteiger charge is 2.12. The van der Waals surface area contributed by atoms with Crippen LogP contribution in [0.15, 0.2) is 53.7 Å². The number of carboxylic acid groups (broad SMARTS) is 2. The number of para-hydroxylation sites is 1. The SMILES string of the molecule is C1=NCC(Cc2ccnc3ccccc23)N1.O=C(O)/C=C/C(=O)O. The van der Waals surface area contributed by atoms with E-state index >= 15 is 0 Å². The van der Waals surface area contributed by atoms with Gasteiger partial charge in [-0.15, -0.1) is 0 Å². The molecule has 1 aliphatic heterocycles. The molecule has 24 heavy (non-hydrogen) atoms. The first-order valence-electron chi connectivity index (χ1n) is 7.27. The van der Waals surface area contributed by atoms with Crippen molar-refractivity contribution in [3.8, 4) is 0 Å². The molecule has 2 heterocycles. The molecule has 1 atom stereocenters. The van der Waals surface area contributed by atoms with Crippen molar-refractivity contribution in [2.45, 2.75) is 12.5 Å². The number of carbonyl (C=O) groups is 2. The lowest BCUT2D eigenvalue weighted by Gasteiger charge is -2.11. The number of rotatable bonds is 4. The van der Waals surface area contributed by atoms with Gasteiger partial charge in [0.05, 0.1) is 24.4 Å². The molecule has 0 aliphatic carbocycles. The molecule has 0 spiro atoms. The van der Waals surface area contributed by atoms with E-state index in [0.29, 0.717) is 18.2 Å². The van der Waals surface area contributed by atoms with Crippen LogP contribution >= 0.6 is 0 Å². The van der Waals surface area contributed by atoms with Crippen LogP contribution < -0.4 is 5.32 Å². The Morgan fingerprint density at radius 3 is 2.50 bits per heavy atom. The van der Waals surface area contributed by atoms with Gasteiger partial charge in [-0.1, -0.05) is 18.2 Å². The predicted molar refractivity (Wildman–Crippen MR) is 90.1 cm³/mol. The van der Waals surface area contributed by atoms with Gasteiger partial charge in [-0.2, -0.15) is 0 Å². The number of hydrogen-bond acceptors (Lipinski definition) is 5. The zero-order valence-electron chi connectivity index (χ0n) is 12.8. The summed E-state index contributed by atoms with van der Waals surface area (Å²) in [5.74, 6) is -2.51. The Hall–Kier alpha value is -3.22. The maximum absolute atomic E-state index is 9.55. The lowest BCUT2D eigenvalue weighted by molar-refractivity contribution is -0.134. The molecule has 0 saturated carbocycles. The van der Waals surface area contributed by atoms with Gasteiger partial charge in [0.1, 0.15) is 0 Å². The number of fused-ring (bicyclic) bond motifs is 1. The third-order valence-corrected chi connectivity index (χ3v) is 3.30. The second-order valence-electron chi connectivity index (χ2n) is 5.06. The smallest absolute Gasteiger partial charge is 0.328 e. The summed E-state index contributed by atoms with van der Waals surface area (Å²) in [5.41, 5.74) is 2.41. The first-order valence-corrected chi connectivity index (χ1v) is 7.27. The number of aliphatic carboxylic acids is 2. The minimum Gasteiger partial charge on any atom is -0.478 e. The van der Waals surface area contributed by atoms with Gasteiger partial charge < -0.3 is 15.5 Å². The van der Waals surface area contributed by atoms with Crippen LogP contribution in [-0.4, -0.2) is 46.1 Å². The summed E-state index contributed by atoms with van der Waals surface area (Å²) in [6.07, 6.45) is 5.80. The van der Waals surface area contributed by atoms with Crippen molar-refractivity contribution < 1.29 is 19.8 Å². The normalized spacial score (nSPS) is 15.8. The number of pyridine rings is 1. The van der Waals surface area contributed by atoms with Gasteiger partial charge in [0, 0.05) is 23.7 Å². The van der Waals surface area contributed by atoms with E-state index in [1.54, 1.807) is 6.34 Å². The quantitative estimate of drug-likeness (QED) is 0.734. The van der Waals surface area contributed by atoms with E-state index in [4.69, 9.17) is 10.2 Å². The largest absolute Gasteiger partial charge is 0.478 e. The molecular formula is C17H17N3O4. The average molecular weight is 327 g/mol. The molecule has 2 aromatic rings. The van der Waals surface area contributed by atoms with Crippen LogP contribution in [0.3, 0.4) is 0 Å². The van der Waals surface area contributed by atoms with Gasteiger partial charge in [0.25, 0.3) is 0 Å². The third kappa shape index (κ3) is 5.20. The monoisotopic (exact) mass is 327 g/mol. The molecule has 0 bridgehead atoms. The van der Waals surface area contributed by atoms with Crippen LogP contribution in [0.4, 0.5) is 0 Å². The van der Waals surface area contributed by atoms with E-state index in [1.165, 1.54) is 10.9 Å². The summed E-state index contributed by atoms with van der Waals surface area (Å²) in [7, 11) is 0. The molecule has 0 amide bonds. The van der Waals surface area contributed by atoms with Crippen LogP contribution in [0.1, 0.15) is 5.56 Å². The van der Waals surface area contributed by atoms with Gasteiger partial charge in [0.2, 0.25) is 0 Å². The summed E-state index contributed by atoms with van der Waals surface area (Å²) in [5, 5.41) is 20.1. The van der Waals surface area contributed by atoms with Crippen LogP contribution in [-0.2, 0) is 16.0 Å². The Morgan fingerprint density at radius 1 is 1.17 bits per heavy atom. The Kier molecular flexibility index (Phi) is 6.01. The lowest BCUT2D eigenvalue weighted by atomic mass is 10.0. The third-order valence-electron chi connectivity index (χ3n) is 3.30. The Morgan fingerprint density at radius 2 is 1.88 bits per heavy atom. The Labute approximate surface area is 138 Å². The highest BCUT2D eigenvalue weighted by Crippen LogP contribution is 2.18. The van der Waals surface area contributed by atoms with Crippen molar-refractivity contribution in [1.82, 2.24) is 10.3 Å². The number of nitrogens with zero attached hydrogens (tertiary/aromatic N) is 2. The number of hydrogen-bond donors (Lipinski definition) is 3. The van der Waals surface area contributed by atoms with Crippen LogP contribution in [0.25, 0.3) is 10.9 Å². The van der Waals surface area contributed by atoms with E-state index in [2.05, 4.69) is 39.6 Å². The summed E-state index contributed by atoms with van der Waals surface area (Å²) in [4.78, 5) is 27.7. The van der Waals surface area contributed by atoms with E-state index in [1.807, 2.05) is 12.3 Å². The molecule has 0 fully saturated rings. The summed E-state index contributed by atoms with van der Waals surface area (Å²) in [6, 6.07) is 10.8. The molecule has 0 saturated heterocycles.